The molecule has 0 atom stereocenters. The van der Waals surface area contributed by atoms with Gasteiger partial charge < -0.3 is 10.6 Å². The molecule has 1 aromatic heterocycles. The minimum Gasteiger partial charge on any atom is -0.326 e. The highest BCUT2D eigenvalue weighted by Gasteiger charge is 2.09. The van der Waals surface area contributed by atoms with E-state index in [-0.39, 0.29) is 11.8 Å². The molecule has 0 spiro atoms. The van der Waals surface area contributed by atoms with Gasteiger partial charge in [-0.3, -0.25) is 9.59 Å². The summed E-state index contributed by atoms with van der Waals surface area (Å²) in [6.07, 6.45) is 1.86. The second-order valence-electron chi connectivity index (χ2n) is 5.21. The van der Waals surface area contributed by atoms with Crippen LogP contribution in [0.2, 0.25) is 0 Å². The number of anilines is 2. The fourth-order valence-electron chi connectivity index (χ4n) is 2.25. The van der Waals surface area contributed by atoms with E-state index in [1.807, 2.05) is 32.0 Å². The van der Waals surface area contributed by atoms with Crippen LogP contribution in [0.4, 0.5) is 11.5 Å². The van der Waals surface area contributed by atoms with Crippen LogP contribution in [0.25, 0.3) is 0 Å². The normalized spacial score (nSPS) is 10.1. The standard InChI is InChI=1S/C17H19N3O2/c1-11-5-4-6-12(2)15(11)10-17(22)20-14-7-8-18-16(9-14)19-13(3)21/h4-9H,10H2,1-3H3,(H2,18,19,20,21,22). The van der Waals surface area contributed by atoms with Crippen LogP contribution in [-0.4, -0.2) is 16.8 Å². The third-order valence-electron chi connectivity index (χ3n) is 3.33. The summed E-state index contributed by atoms with van der Waals surface area (Å²) in [6.45, 7) is 5.40. The molecule has 0 aliphatic carbocycles. The number of aromatic nitrogens is 1. The smallest absolute Gasteiger partial charge is 0.228 e. The average molecular weight is 297 g/mol. The van der Waals surface area contributed by atoms with Gasteiger partial charge in [0.1, 0.15) is 5.82 Å². The van der Waals surface area contributed by atoms with E-state index in [0.717, 1.165) is 16.7 Å². The van der Waals surface area contributed by atoms with Crippen molar-refractivity contribution in [1.82, 2.24) is 4.98 Å². The highest BCUT2D eigenvalue weighted by atomic mass is 16.2. The minimum atomic E-state index is -0.202. The molecule has 0 radical (unpaired) electrons. The Labute approximate surface area is 129 Å². The largest absolute Gasteiger partial charge is 0.326 e. The second-order valence-corrected chi connectivity index (χ2v) is 5.21. The molecule has 22 heavy (non-hydrogen) atoms. The van der Waals surface area contributed by atoms with Crippen LogP contribution in [0.5, 0.6) is 0 Å². The van der Waals surface area contributed by atoms with E-state index in [0.29, 0.717) is 17.9 Å². The Bertz CT molecular complexity index is 691. The van der Waals surface area contributed by atoms with Gasteiger partial charge in [-0.15, -0.1) is 0 Å². The fourth-order valence-corrected chi connectivity index (χ4v) is 2.25. The lowest BCUT2D eigenvalue weighted by Crippen LogP contribution is -2.16. The molecule has 5 nitrogen and oxygen atoms in total. The molecular weight excluding hydrogens is 278 g/mol. The van der Waals surface area contributed by atoms with E-state index < -0.39 is 0 Å². The average Bonchev–Trinajstić information content (AvgIpc) is 2.42. The number of aryl methyl sites for hydroxylation is 2. The topological polar surface area (TPSA) is 71.1 Å². The van der Waals surface area contributed by atoms with Crippen molar-refractivity contribution >= 4 is 23.3 Å². The van der Waals surface area contributed by atoms with Crippen molar-refractivity contribution in [2.75, 3.05) is 10.6 Å². The summed E-state index contributed by atoms with van der Waals surface area (Å²) in [6, 6.07) is 9.29. The lowest BCUT2D eigenvalue weighted by Gasteiger charge is -2.11. The predicted molar refractivity (Wildman–Crippen MR) is 86.8 cm³/mol. The van der Waals surface area contributed by atoms with Gasteiger partial charge in [-0.05, 0) is 36.6 Å². The number of carbonyl (C=O) groups excluding carboxylic acids is 2. The molecular formula is C17H19N3O2. The molecule has 5 heteroatoms. The maximum atomic E-state index is 12.2. The fraction of sp³-hybridized carbons (Fsp3) is 0.235. The van der Waals surface area contributed by atoms with Crippen molar-refractivity contribution in [3.8, 4) is 0 Å². The molecule has 0 fully saturated rings. The van der Waals surface area contributed by atoms with E-state index in [1.54, 1.807) is 18.3 Å². The van der Waals surface area contributed by atoms with Crippen LogP contribution in [0.1, 0.15) is 23.6 Å². The molecule has 0 saturated heterocycles. The van der Waals surface area contributed by atoms with Gasteiger partial charge in [-0.1, -0.05) is 18.2 Å². The molecule has 2 rings (SSSR count). The van der Waals surface area contributed by atoms with Gasteiger partial charge >= 0.3 is 0 Å². The molecule has 2 N–H and O–H groups in total. The zero-order valence-electron chi connectivity index (χ0n) is 12.9. The van der Waals surface area contributed by atoms with Crippen LogP contribution < -0.4 is 10.6 Å². The number of amides is 2. The van der Waals surface area contributed by atoms with E-state index in [2.05, 4.69) is 15.6 Å². The second kappa shape index (κ2) is 6.85. The molecule has 0 aliphatic heterocycles. The third kappa shape index (κ3) is 4.15. The molecule has 2 aromatic rings. The Morgan fingerprint density at radius 1 is 1.09 bits per heavy atom. The zero-order valence-corrected chi connectivity index (χ0v) is 12.9. The Hall–Kier alpha value is -2.69. The molecule has 0 saturated carbocycles. The summed E-state index contributed by atoms with van der Waals surface area (Å²) >= 11 is 0. The van der Waals surface area contributed by atoms with Crippen molar-refractivity contribution in [2.45, 2.75) is 27.2 Å². The first kappa shape index (κ1) is 15.7. The van der Waals surface area contributed by atoms with E-state index >= 15 is 0 Å². The lowest BCUT2D eigenvalue weighted by atomic mass is 10.00. The first-order valence-corrected chi connectivity index (χ1v) is 7.04. The van der Waals surface area contributed by atoms with Gasteiger partial charge in [0.25, 0.3) is 0 Å². The maximum absolute atomic E-state index is 12.2. The molecule has 0 aliphatic rings. The number of benzene rings is 1. The Balaban J connectivity index is 2.08. The van der Waals surface area contributed by atoms with E-state index in [9.17, 15) is 9.59 Å². The summed E-state index contributed by atoms with van der Waals surface area (Å²) in [4.78, 5) is 27.2. The van der Waals surface area contributed by atoms with Crippen LogP contribution in [-0.2, 0) is 16.0 Å². The summed E-state index contributed by atoms with van der Waals surface area (Å²) < 4.78 is 0. The number of nitrogens with one attached hydrogen (secondary N) is 2. The number of carbonyl (C=O) groups is 2. The number of hydrogen-bond acceptors (Lipinski definition) is 3. The third-order valence-corrected chi connectivity index (χ3v) is 3.33. The molecule has 1 heterocycles. The van der Waals surface area contributed by atoms with Gasteiger partial charge in [0.15, 0.2) is 0 Å². The minimum absolute atomic E-state index is 0.0997. The van der Waals surface area contributed by atoms with Crippen molar-refractivity contribution in [2.24, 2.45) is 0 Å². The number of pyridine rings is 1. The number of hydrogen-bond donors (Lipinski definition) is 2. The summed E-state index contributed by atoms with van der Waals surface area (Å²) in [5.41, 5.74) is 3.85. The van der Waals surface area contributed by atoms with Crippen molar-refractivity contribution in [1.29, 1.82) is 0 Å². The van der Waals surface area contributed by atoms with Crippen molar-refractivity contribution in [3.05, 3.63) is 53.2 Å². The van der Waals surface area contributed by atoms with Crippen LogP contribution in [0.3, 0.4) is 0 Å². The van der Waals surface area contributed by atoms with Gasteiger partial charge in [0.2, 0.25) is 11.8 Å². The van der Waals surface area contributed by atoms with Crippen LogP contribution >= 0.6 is 0 Å². The zero-order chi connectivity index (χ0) is 16.1. The van der Waals surface area contributed by atoms with Gasteiger partial charge in [-0.25, -0.2) is 4.98 Å². The first-order valence-electron chi connectivity index (χ1n) is 7.04. The van der Waals surface area contributed by atoms with Gasteiger partial charge in [-0.2, -0.15) is 0 Å². The highest BCUT2D eigenvalue weighted by Crippen LogP contribution is 2.16. The Morgan fingerprint density at radius 2 is 1.77 bits per heavy atom. The maximum Gasteiger partial charge on any atom is 0.228 e. The predicted octanol–water partition coefficient (Wildman–Crippen LogP) is 2.84. The van der Waals surface area contributed by atoms with Gasteiger partial charge in [0.05, 0.1) is 6.42 Å². The van der Waals surface area contributed by atoms with Crippen LogP contribution in [0, 0.1) is 13.8 Å². The van der Waals surface area contributed by atoms with Gasteiger partial charge in [0, 0.05) is 24.9 Å². The molecule has 0 bridgehead atoms. The number of rotatable bonds is 4. The SMILES string of the molecule is CC(=O)Nc1cc(NC(=O)Cc2c(C)cccc2C)ccn1. The van der Waals surface area contributed by atoms with Crippen molar-refractivity contribution in [3.63, 3.8) is 0 Å². The van der Waals surface area contributed by atoms with E-state index in [1.165, 1.54) is 6.92 Å². The quantitative estimate of drug-likeness (QED) is 0.911. The molecule has 1 aromatic carbocycles. The first-order chi connectivity index (χ1) is 10.5. The molecule has 0 unspecified atom stereocenters. The Morgan fingerprint density at radius 3 is 2.41 bits per heavy atom. The monoisotopic (exact) mass is 297 g/mol. The van der Waals surface area contributed by atoms with Crippen molar-refractivity contribution < 1.29 is 9.59 Å². The lowest BCUT2D eigenvalue weighted by molar-refractivity contribution is -0.116. The van der Waals surface area contributed by atoms with E-state index in [4.69, 9.17) is 0 Å². The summed E-state index contributed by atoms with van der Waals surface area (Å²) in [7, 11) is 0. The molecule has 2 amide bonds. The Kier molecular flexibility index (Phi) is 4.88. The van der Waals surface area contributed by atoms with Crippen LogP contribution in [0.15, 0.2) is 36.5 Å². The summed E-state index contributed by atoms with van der Waals surface area (Å²) in [5, 5.41) is 5.41. The highest BCUT2D eigenvalue weighted by molar-refractivity contribution is 5.94. The molecule has 114 valence electrons. The summed E-state index contributed by atoms with van der Waals surface area (Å²) in [5.74, 6) is 0.112. The number of nitrogens with zero attached hydrogens (tertiary/aromatic N) is 1.